The van der Waals surface area contributed by atoms with Gasteiger partial charge in [0.2, 0.25) is 0 Å². The highest BCUT2D eigenvalue weighted by molar-refractivity contribution is 5.80. The molecule has 1 fully saturated rings. The third-order valence-electron chi connectivity index (χ3n) is 4.11. The molecule has 0 atom stereocenters. The number of nitrogens with zero attached hydrogens (tertiary/aromatic N) is 2. The monoisotopic (exact) mass is 312 g/mol. The van der Waals surface area contributed by atoms with Crippen LogP contribution in [-0.4, -0.2) is 47.6 Å². The molecule has 0 amide bonds. The van der Waals surface area contributed by atoms with Gasteiger partial charge in [-0.25, -0.2) is 0 Å². The van der Waals surface area contributed by atoms with Crippen LogP contribution < -0.4 is 4.90 Å². The predicted octanol–water partition coefficient (Wildman–Crippen LogP) is 0.832. The molecule has 1 heterocycles. The van der Waals surface area contributed by atoms with Gasteiger partial charge in [0.25, 0.3) is 0 Å². The molecule has 3 rings (SSSR count). The first kappa shape index (κ1) is 15.4. The number of rotatable bonds is 4. The Morgan fingerprint density at radius 3 is 2.43 bits per heavy atom. The van der Waals surface area contributed by atoms with E-state index in [2.05, 4.69) is 34.4 Å². The van der Waals surface area contributed by atoms with Crippen molar-refractivity contribution >= 4 is 6.21 Å². The van der Waals surface area contributed by atoms with E-state index in [0.717, 1.165) is 38.3 Å². The fraction of sp³-hybridized carbons (Fsp3) is 0.278. The molecule has 120 valence electrons. The highest BCUT2D eigenvalue weighted by atomic mass is 16.3. The van der Waals surface area contributed by atoms with Gasteiger partial charge in [0.1, 0.15) is 6.54 Å². The average Bonchev–Trinajstić information content (AvgIpc) is 2.58. The lowest BCUT2D eigenvalue weighted by Gasteiger charge is -2.30. The van der Waals surface area contributed by atoms with E-state index in [0.29, 0.717) is 0 Å². The molecule has 23 heavy (non-hydrogen) atoms. The van der Waals surface area contributed by atoms with Crippen LogP contribution in [0.25, 0.3) is 0 Å². The quantitative estimate of drug-likeness (QED) is 0.579. The van der Waals surface area contributed by atoms with E-state index >= 15 is 0 Å². The second-order valence-corrected chi connectivity index (χ2v) is 5.86. The summed E-state index contributed by atoms with van der Waals surface area (Å²) in [4.78, 5) is 1.57. The summed E-state index contributed by atoms with van der Waals surface area (Å²) in [5, 5.41) is 25.3. The Balaban J connectivity index is 1.50. The van der Waals surface area contributed by atoms with Crippen LogP contribution in [0.2, 0.25) is 0 Å². The van der Waals surface area contributed by atoms with E-state index in [-0.39, 0.29) is 11.5 Å². The number of nitrogens with one attached hydrogen (secondary N) is 1. The van der Waals surface area contributed by atoms with E-state index in [4.69, 9.17) is 0 Å². The largest absolute Gasteiger partial charge is 0.504 e. The van der Waals surface area contributed by atoms with Crippen LogP contribution in [-0.2, 0) is 6.54 Å². The number of quaternary nitrogens is 1. The summed E-state index contributed by atoms with van der Waals surface area (Å²) >= 11 is 0. The van der Waals surface area contributed by atoms with Gasteiger partial charge in [-0.15, -0.1) is 0 Å². The molecule has 0 bridgehead atoms. The van der Waals surface area contributed by atoms with Crippen molar-refractivity contribution in [3.8, 4) is 11.5 Å². The molecule has 5 nitrogen and oxygen atoms in total. The lowest BCUT2D eigenvalue weighted by Crippen LogP contribution is -3.13. The van der Waals surface area contributed by atoms with Gasteiger partial charge in [0.05, 0.1) is 32.4 Å². The number of hydrogen-bond acceptors (Lipinski definition) is 4. The summed E-state index contributed by atoms with van der Waals surface area (Å²) in [5.74, 6) is -0.230. The molecule has 0 radical (unpaired) electrons. The van der Waals surface area contributed by atoms with Crippen LogP contribution in [0.5, 0.6) is 11.5 Å². The summed E-state index contributed by atoms with van der Waals surface area (Å²) in [7, 11) is 0. The fourth-order valence-corrected chi connectivity index (χ4v) is 2.76. The maximum absolute atomic E-state index is 9.48. The SMILES string of the molecule is Oc1ccc(C=NN2CC[NH+](Cc3ccccc3)CC2)cc1O. The van der Waals surface area contributed by atoms with Crippen molar-refractivity contribution in [3.63, 3.8) is 0 Å². The summed E-state index contributed by atoms with van der Waals surface area (Å²) in [6.07, 6.45) is 1.72. The number of phenolic OH excluding ortho intramolecular Hbond substituents is 2. The van der Waals surface area contributed by atoms with Crippen LogP contribution in [0, 0.1) is 0 Å². The molecule has 2 aromatic carbocycles. The van der Waals surface area contributed by atoms with Gasteiger partial charge in [-0.3, -0.25) is 5.01 Å². The highest BCUT2D eigenvalue weighted by Crippen LogP contribution is 2.24. The van der Waals surface area contributed by atoms with Crippen LogP contribution in [0.3, 0.4) is 0 Å². The number of aromatic hydroxyl groups is 2. The van der Waals surface area contributed by atoms with Crippen LogP contribution >= 0.6 is 0 Å². The maximum atomic E-state index is 9.48. The Morgan fingerprint density at radius 2 is 1.74 bits per heavy atom. The van der Waals surface area contributed by atoms with E-state index in [1.807, 2.05) is 6.07 Å². The Hall–Kier alpha value is -2.53. The Bertz CT molecular complexity index is 665. The topological polar surface area (TPSA) is 60.5 Å². The van der Waals surface area contributed by atoms with Gasteiger partial charge in [-0.2, -0.15) is 5.10 Å². The maximum Gasteiger partial charge on any atom is 0.158 e. The zero-order valence-corrected chi connectivity index (χ0v) is 13.0. The first-order valence-electron chi connectivity index (χ1n) is 7.89. The van der Waals surface area contributed by atoms with Crippen molar-refractivity contribution in [1.82, 2.24) is 5.01 Å². The molecule has 5 heteroatoms. The van der Waals surface area contributed by atoms with Gasteiger partial charge in [0, 0.05) is 5.56 Å². The third-order valence-corrected chi connectivity index (χ3v) is 4.11. The average molecular weight is 312 g/mol. The normalized spacial score (nSPS) is 16.1. The second kappa shape index (κ2) is 7.15. The molecule has 0 saturated carbocycles. The smallest absolute Gasteiger partial charge is 0.158 e. The van der Waals surface area contributed by atoms with Crippen molar-refractivity contribution in [2.75, 3.05) is 26.2 Å². The van der Waals surface area contributed by atoms with Crippen molar-refractivity contribution in [2.24, 2.45) is 5.10 Å². The Labute approximate surface area is 136 Å². The van der Waals surface area contributed by atoms with Crippen LogP contribution in [0.1, 0.15) is 11.1 Å². The third kappa shape index (κ3) is 4.23. The molecule has 1 saturated heterocycles. The molecule has 0 aliphatic carbocycles. The molecular weight excluding hydrogens is 290 g/mol. The number of piperazine rings is 1. The first-order chi connectivity index (χ1) is 11.2. The van der Waals surface area contributed by atoms with Gasteiger partial charge in [-0.05, 0) is 23.8 Å². The van der Waals surface area contributed by atoms with Crippen molar-refractivity contribution in [2.45, 2.75) is 6.54 Å². The number of phenols is 2. The second-order valence-electron chi connectivity index (χ2n) is 5.86. The van der Waals surface area contributed by atoms with E-state index in [9.17, 15) is 10.2 Å². The summed E-state index contributed by atoms with van der Waals surface area (Å²) in [6, 6.07) is 15.3. The van der Waals surface area contributed by atoms with E-state index < -0.39 is 0 Å². The molecule has 0 unspecified atom stereocenters. The predicted molar refractivity (Wildman–Crippen MR) is 89.8 cm³/mol. The minimum absolute atomic E-state index is 0.111. The summed E-state index contributed by atoms with van der Waals surface area (Å²) in [5.41, 5.74) is 2.15. The Morgan fingerprint density at radius 1 is 1.00 bits per heavy atom. The lowest BCUT2D eigenvalue weighted by atomic mass is 10.2. The fourth-order valence-electron chi connectivity index (χ4n) is 2.76. The zero-order valence-electron chi connectivity index (χ0n) is 13.0. The molecular formula is C18H22N3O2+. The van der Waals surface area contributed by atoms with Crippen LogP contribution in [0.15, 0.2) is 53.6 Å². The van der Waals surface area contributed by atoms with Crippen molar-refractivity contribution in [1.29, 1.82) is 0 Å². The lowest BCUT2D eigenvalue weighted by molar-refractivity contribution is -0.918. The molecule has 0 aromatic heterocycles. The summed E-state index contributed by atoms with van der Waals surface area (Å²) in [6.45, 7) is 5.02. The Kier molecular flexibility index (Phi) is 4.78. The minimum atomic E-state index is -0.119. The number of hydrogen-bond donors (Lipinski definition) is 3. The molecule has 1 aliphatic rings. The van der Waals surface area contributed by atoms with Crippen molar-refractivity contribution < 1.29 is 15.1 Å². The molecule has 1 aliphatic heterocycles. The van der Waals surface area contributed by atoms with Gasteiger partial charge >= 0.3 is 0 Å². The van der Waals surface area contributed by atoms with Gasteiger partial charge in [0.15, 0.2) is 11.5 Å². The minimum Gasteiger partial charge on any atom is -0.504 e. The van der Waals surface area contributed by atoms with Crippen LogP contribution in [0.4, 0.5) is 0 Å². The van der Waals surface area contributed by atoms with E-state index in [1.165, 1.54) is 17.7 Å². The molecule has 0 spiro atoms. The molecule has 3 N–H and O–H groups in total. The first-order valence-corrected chi connectivity index (χ1v) is 7.89. The molecule has 2 aromatic rings. The van der Waals surface area contributed by atoms with Gasteiger partial charge < -0.3 is 15.1 Å². The van der Waals surface area contributed by atoms with Gasteiger partial charge in [-0.1, -0.05) is 30.3 Å². The zero-order chi connectivity index (χ0) is 16.1. The number of hydrazone groups is 1. The van der Waals surface area contributed by atoms with Crippen molar-refractivity contribution in [3.05, 3.63) is 59.7 Å². The number of benzene rings is 2. The van der Waals surface area contributed by atoms with E-state index in [1.54, 1.807) is 17.2 Å². The standard InChI is InChI=1S/C18H21N3O2/c22-17-7-6-16(12-18(17)23)13-19-21-10-8-20(9-11-21)14-15-4-2-1-3-5-15/h1-7,12-13,22-23H,8-11,14H2/p+1. The highest BCUT2D eigenvalue weighted by Gasteiger charge is 2.18. The summed E-state index contributed by atoms with van der Waals surface area (Å²) < 4.78 is 0.